The Morgan fingerprint density at radius 3 is 1.49 bits per heavy atom. The summed E-state index contributed by atoms with van der Waals surface area (Å²) in [7, 11) is 0. The summed E-state index contributed by atoms with van der Waals surface area (Å²) in [5, 5.41) is 10.8. The average Bonchev–Trinajstić information content (AvgIpc) is 2.95. The van der Waals surface area contributed by atoms with Crippen molar-refractivity contribution < 1.29 is 27.7 Å². The predicted molar refractivity (Wildman–Crippen MR) is 144 cm³/mol. The van der Waals surface area contributed by atoms with Crippen LogP contribution in [0.3, 0.4) is 0 Å². The standard InChI is InChI=1S/C29H27F2O4PS/c30-29(31,28(32)26-16-18-27(19-17-26)33-20-23-10-4-1-5-11-23)36(37,34-21-24-12-6-2-7-13-24)35-22-25-14-8-3-9-15-25/h1-19,28,32H,20-22H2. The Labute approximate surface area is 220 Å². The van der Waals surface area contributed by atoms with E-state index in [1.54, 1.807) is 48.5 Å². The minimum atomic E-state index is -4.32. The van der Waals surface area contributed by atoms with Crippen LogP contribution in [0.25, 0.3) is 0 Å². The number of benzene rings is 4. The number of aliphatic hydroxyl groups is 1. The molecule has 4 aromatic rings. The number of aliphatic hydroxyl groups excluding tert-OH is 1. The van der Waals surface area contributed by atoms with E-state index < -0.39 is 18.3 Å². The van der Waals surface area contributed by atoms with Gasteiger partial charge in [-0.3, -0.25) is 0 Å². The molecule has 0 heterocycles. The van der Waals surface area contributed by atoms with Crippen molar-refractivity contribution in [2.75, 3.05) is 0 Å². The summed E-state index contributed by atoms with van der Waals surface area (Å²) in [4.78, 5) is 0. The van der Waals surface area contributed by atoms with Crippen molar-refractivity contribution in [3.63, 3.8) is 0 Å². The van der Waals surface area contributed by atoms with Gasteiger partial charge in [0.05, 0.1) is 13.2 Å². The van der Waals surface area contributed by atoms with Gasteiger partial charge in [0.25, 0.3) is 6.49 Å². The predicted octanol–water partition coefficient (Wildman–Crippen LogP) is 7.63. The van der Waals surface area contributed by atoms with Crippen molar-refractivity contribution in [1.29, 1.82) is 0 Å². The molecular formula is C29H27F2O4PS. The van der Waals surface area contributed by atoms with E-state index in [2.05, 4.69) is 0 Å². The monoisotopic (exact) mass is 540 g/mol. The van der Waals surface area contributed by atoms with Crippen LogP contribution in [0.4, 0.5) is 8.78 Å². The van der Waals surface area contributed by atoms with Crippen LogP contribution in [0.5, 0.6) is 5.75 Å². The third-order valence-electron chi connectivity index (χ3n) is 5.63. The molecule has 4 rings (SSSR count). The van der Waals surface area contributed by atoms with Gasteiger partial charge in [0.2, 0.25) is 0 Å². The van der Waals surface area contributed by atoms with Crippen molar-refractivity contribution in [2.45, 2.75) is 31.6 Å². The Balaban J connectivity index is 1.50. The molecule has 0 aliphatic carbocycles. The summed E-state index contributed by atoms with van der Waals surface area (Å²) in [6, 6.07) is 33.2. The number of ether oxygens (including phenoxy) is 1. The number of rotatable bonds is 12. The number of halogens is 2. The molecule has 0 aromatic heterocycles. The first-order chi connectivity index (χ1) is 17.9. The molecule has 4 aromatic carbocycles. The van der Waals surface area contributed by atoms with Gasteiger partial charge in [-0.2, -0.15) is 8.78 Å². The van der Waals surface area contributed by atoms with E-state index in [9.17, 15) is 5.11 Å². The zero-order chi connectivity index (χ0) is 26.1. The van der Waals surface area contributed by atoms with Crippen molar-refractivity contribution in [2.24, 2.45) is 0 Å². The maximum atomic E-state index is 15.8. The van der Waals surface area contributed by atoms with Crippen LogP contribution in [0.1, 0.15) is 28.4 Å². The summed E-state index contributed by atoms with van der Waals surface area (Å²) < 4.78 is 48.7. The molecule has 8 heteroatoms. The lowest BCUT2D eigenvalue weighted by atomic mass is 10.1. The molecule has 0 aliphatic heterocycles. The Kier molecular flexibility index (Phi) is 9.19. The molecule has 0 fully saturated rings. The molecule has 0 amide bonds. The third-order valence-corrected chi connectivity index (χ3v) is 8.90. The Bertz CT molecular complexity index is 1240. The first kappa shape index (κ1) is 27.1. The number of hydrogen-bond donors (Lipinski definition) is 1. The van der Waals surface area contributed by atoms with Crippen LogP contribution in [0, 0.1) is 0 Å². The van der Waals surface area contributed by atoms with E-state index in [0.717, 1.165) is 5.56 Å². The maximum absolute atomic E-state index is 15.8. The van der Waals surface area contributed by atoms with Crippen molar-refractivity contribution in [1.82, 2.24) is 0 Å². The largest absolute Gasteiger partial charge is 0.489 e. The molecule has 192 valence electrons. The zero-order valence-corrected chi connectivity index (χ0v) is 21.7. The smallest absolute Gasteiger partial charge is 0.349 e. The molecular weight excluding hydrogens is 513 g/mol. The number of hydrogen-bond acceptors (Lipinski definition) is 5. The van der Waals surface area contributed by atoms with Crippen LogP contribution in [0.15, 0.2) is 115 Å². The lowest BCUT2D eigenvalue weighted by molar-refractivity contribution is -0.0607. The Morgan fingerprint density at radius 2 is 1.05 bits per heavy atom. The molecule has 0 radical (unpaired) electrons. The molecule has 0 saturated carbocycles. The van der Waals surface area contributed by atoms with Crippen LogP contribution < -0.4 is 4.74 Å². The summed E-state index contributed by atoms with van der Waals surface area (Å²) >= 11 is 5.37. The summed E-state index contributed by atoms with van der Waals surface area (Å²) in [6.45, 7) is -4.32. The number of alkyl halides is 2. The van der Waals surface area contributed by atoms with Crippen molar-refractivity contribution in [3.05, 3.63) is 138 Å². The second-order valence-corrected chi connectivity index (χ2v) is 11.9. The van der Waals surface area contributed by atoms with E-state index in [1.165, 1.54) is 24.3 Å². The van der Waals surface area contributed by atoms with E-state index in [0.29, 0.717) is 23.5 Å². The SMILES string of the molecule is OC(c1ccc(OCc2ccccc2)cc1)C(F)(F)P(=S)(OCc1ccccc1)OCc1ccccc1. The fourth-order valence-electron chi connectivity index (χ4n) is 3.51. The van der Waals surface area contributed by atoms with Gasteiger partial charge in [-0.05, 0) is 46.2 Å². The third kappa shape index (κ3) is 7.10. The van der Waals surface area contributed by atoms with Gasteiger partial charge in [0, 0.05) is 0 Å². The van der Waals surface area contributed by atoms with E-state index in [4.69, 9.17) is 25.6 Å². The lowest BCUT2D eigenvalue weighted by Gasteiger charge is -2.33. The summed E-state index contributed by atoms with van der Waals surface area (Å²) in [6.07, 6.45) is -2.23. The highest BCUT2D eigenvalue weighted by atomic mass is 32.5. The van der Waals surface area contributed by atoms with Gasteiger partial charge >= 0.3 is 5.66 Å². The molecule has 0 aliphatic rings. The first-order valence-corrected chi connectivity index (χ1v) is 14.3. The van der Waals surface area contributed by atoms with Gasteiger partial charge in [0.1, 0.15) is 12.4 Å². The van der Waals surface area contributed by atoms with Crippen LogP contribution >= 0.6 is 6.49 Å². The molecule has 1 N–H and O–H groups in total. The van der Waals surface area contributed by atoms with E-state index >= 15 is 8.78 Å². The van der Waals surface area contributed by atoms with Crippen LogP contribution in [-0.4, -0.2) is 10.8 Å². The van der Waals surface area contributed by atoms with Gasteiger partial charge in [-0.25, -0.2) is 0 Å². The Morgan fingerprint density at radius 1 is 0.649 bits per heavy atom. The van der Waals surface area contributed by atoms with Crippen LogP contribution in [0.2, 0.25) is 0 Å². The van der Waals surface area contributed by atoms with Crippen LogP contribution in [-0.2, 0) is 40.7 Å². The molecule has 0 saturated heterocycles. The quantitative estimate of drug-likeness (QED) is 0.187. The normalized spacial score (nSPS) is 12.7. The van der Waals surface area contributed by atoms with E-state index in [1.807, 2.05) is 42.5 Å². The van der Waals surface area contributed by atoms with Crippen molar-refractivity contribution >= 4 is 18.3 Å². The van der Waals surface area contributed by atoms with Gasteiger partial charge in [-0.15, -0.1) is 0 Å². The average molecular weight is 541 g/mol. The highest BCUT2D eigenvalue weighted by Gasteiger charge is 2.55. The van der Waals surface area contributed by atoms with Gasteiger partial charge in [0.15, 0.2) is 6.10 Å². The molecule has 0 bridgehead atoms. The summed E-state index contributed by atoms with van der Waals surface area (Å²) in [5.41, 5.74) is -1.56. The highest BCUT2D eigenvalue weighted by Crippen LogP contribution is 2.67. The topological polar surface area (TPSA) is 47.9 Å². The lowest BCUT2D eigenvalue weighted by Crippen LogP contribution is -2.28. The molecule has 37 heavy (non-hydrogen) atoms. The van der Waals surface area contributed by atoms with Crippen molar-refractivity contribution in [3.8, 4) is 5.75 Å². The molecule has 4 nitrogen and oxygen atoms in total. The Hall–Kier alpha value is -2.93. The van der Waals surface area contributed by atoms with Gasteiger partial charge in [-0.1, -0.05) is 103 Å². The fraction of sp³-hybridized carbons (Fsp3) is 0.172. The zero-order valence-electron chi connectivity index (χ0n) is 20.0. The first-order valence-electron chi connectivity index (χ1n) is 11.7. The van der Waals surface area contributed by atoms with E-state index in [-0.39, 0.29) is 18.8 Å². The second kappa shape index (κ2) is 12.5. The minimum Gasteiger partial charge on any atom is -0.489 e. The highest BCUT2D eigenvalue weighted by molar-refractivity contribution is 8.10. The molecule has 1 unspecified atom stereocenters. The molecule has 0 spiro atoms. The minimum absolute atomic E-state index is 0.0158. The molecule has 1 atom stereocenters. The maximum Gasteiger partial charge on any atom is 0.349 e. The van der Waals surface area contributed by atoms with Gasteiger partial charge < -0.3 is 18.9 Å². The second-order valence-electron chi connectivity index (χ2n) is 8.35. The fourth-order valence-corrected chi connectivity index (χ4v) is 5.64. The summed E-state index contributed by atoms with van der Waals surface area (Å²) in [5.74, 6) is 0.489.